The maximum absolute atomic E-state index is 12.6. The SMILES string of the molecule is CCOC(=O)C1O[N+]([O-])=C(c2ccccc2)C1c1cc(OC)ccc1OC. The molecule has 27 heavy (non-hydrogen) atoms. The predicted octanol–water partition coefficient (Wildman–Crippen LogP) is 2.66. The van der Waals surface area contributed by atoms with Crippen LogP contribution in [0.4, 0.5) is 0 Å². The van der Waals surface area contributed by atoms with E-state index in [2.05, 4.69) is 0 Å². The molecule has 2 aromatic carbocycles. The quantitative estimate of drug-likeness (QED) is 0.574. The van der Waals surface area contributed by atoms with Gasteiger partial charge in [-0.15, -0.1) is 0 Å². The first kappa shape index (κ1) is 18.6. The lowest BCUT2D eigenvalue weighted by atomic mass is 9.85. The van der Waals surface area contributed by atoms with Crippen LogP contribution < -0.4 is 9.47 Å². The molecular formula is C20H21NO6. The van der Waals surface area contributed by atoms with Crippen molar-refractivity contribution in [1.82, 2.24) is 0 Å². The molecule has 2 aromatic rings. The monoisotopic (exact) mass is 371 g/mol. The van der Waals surface area contributed by atoms with E-state index in [-0.39, 0.29) is 6.61 Å². The Labute approximate surface area is 157 Å². The number of ether oxygens (including phenoxy) is 3. The van der Waals surface area contributed by atoms with Gasteiger partial charge in [0, 0.05) is 16.0 Å². The highest BCUT2D eigenvalue weighted by Gasteiger charge is 2.47. The number of carbonyl (C=O) groups excluding carboxylic acids is 1. The molecule has 7 heteroatoms. The van der Waals surface area contributed by atoms with Gasteiger partial charge in [-0.25, -0.2) is 0 Å². The fraction of sp³-hybridized carbons (Fsp3) is 0.300. The summed E-state index contributed by atoms with van der Waals surface area (Å²) in [5.41, 5.74) is 1.56. The Kier molecular flexibility index (Phi) is 5.49. The zero-order valence-corrected chi connectivity index (χ0v) is 15.4. The van der Waals surface area contributed by atoms with Crippen LogP contribution in [0.3, 0.4) is 0 Å². The van der Waals surface area contributed by atoms with E-state index in [1.165, 1.54) is 7.11 Å². The molecule has 7 nitrogen and oxygen atoms in total. The van der Waals surface area contributed by atoms with Gasteiger partial charge >= 0.3 is 5.97 Å². The Balaban J connectivity index is 2.17. The molecule has 0 saturated heterocycles. The molecule has 1 aliphatic heterocycles. The van der Waals surface area contributed by atoms with Crippen LogP contribution in [-0.4, -0.2) is 43.5 Å². The molecule has 0 fully saturated rings. The van der Waals surface area contributed by atoms with Crippen LogP contribution in [0.2, 0.25) is 0 Å². The zero-order valence-electron chi connectivity index (χ0n) is 15.4. The standard InChI is InChI=1S/C20H21NO6/c1-4-26-20(22)19-17(15-12-14(24-2)10-11-16(15)25-3)18(21(23)27-19)13-8-6-5-7-9-13/h5-12,17,19H,4H2,1-3H3. The average Bonchev–Trinajstić information content (AvgIpc) is 3.05. The van der Waals surface area contributed by atoms with Crippen molar-refractivity contribution < 1.29 is 28.7 Å². The van der Waals surface area contributed by atoms with Gasteiger partial charge in [0.05, 0.1) is 20.8 Å². The van der Waals surface area contributed by atoms with Gasteiger partial charge in [0.2, 0.25) is 0 Å². The van der Waals surface area contributed by atoms with Crippen LogP contribution in [0, 0.1) is 5.21 Å². The smallest absolute Gasteiger partial charge is 0.326 e. The topological polar surface area (TPSA) is 80.1 Å². The third kappa shape index (κ3) is 3.53. The first-order valence-corrected chi connectivity index (χ1v) is 8.55. The van der Waals surface area contributed by atoms with Crippen LogP contribution in [0.25, 0.3) is 0 Å². The summed E-state index contributed by atoms with van der Waals surface area (Å²) in [6, 6.07) is 14.3. The minimum absolute atomic E-state index is 0.181. The van der Waals surface area contributed by atoms with Gasteiger partial charge in [-0.1, -0.05) is 18.2 Å². The molecule has 0 aromatic heterocycles. The van der Waals surface area contributed by atoms with Crippen LogP contribution in [0.1, 0.15) is 24.0 Å². The molecule has 1 heterocycles. The van der Waals surface area contributed by atoms with E-state index in [1.54, 1.807) is 44.4 Å². The minimum Gasteiger partial charge on any atom is -0.497 e. The van der Waals surface area contributed by atoms with Gasteiger partial charge < -0.3 is 19.0 Å². The molecule has 3 rings (SSSR count). The largest absolute Gasteiger partial charge is 0.497 e. The maximum atomic E-state index is 12.6. The van der Waals surface area contributed by atoms with Crippen molar-refractivity contribution in [3.63, 3.8) is 0 Å². The molecule has 2 atom stereocenters. The van der Waals surface area contributed by atoms with Gasteiger partial charge in [-0.3, -0.25) is 10.0 Å². The summed E-state index contributed by atoms with van der Waals surface area (Å²) in [6.07, 6.45) is -1.13. The molecule has 0 saturated carbocycles. The number of hydrogen-bond acceptors (Lipinski definition) is 6. The fourth-order valence-corrected chi connectivity index (χ4v) is 3.17. The minimum atomic E-state index is -1.13. The van der Waals surface area contributed by atoms with Crippen molar-refractivity contribution >= 4 is 11.7 Å². The Morgan fingerprint density at radius 1 is 1.15 bits per heavy atom. The lowest BCUT2D eigenvalue weighted by Crippen LogP contribution is -2.32. The van der Waals surface area contributed by atoms with E-state index < -0.39 is 18.0 Å². The Bertz CT molecular complexity index is 849. The van der Waals surface area contributed by atoms with Crippen LogP contribution in [0.15, 0.2) is 48.5 Å². The second-order valence-corrected chi connectivity index (χ2v) is 5.87. The summed E-state index contributed by atoms with van der Waals surface area (Å²) in [5.74, 6) is -0.235. The molecule has 0 aliphatic carbocycles. The van der Waals surface area contributed by atoms with E-state index in [0.717, 1.165) is 0 Å². The number of hydrogen-bond donors (Lipinski definition) is 0. The van der Waals surface area contributed by atoms with Gasteiger partial charge in [-0.05, 0) is 37.3 Å². The van der Waals surface area contributed by atoms with Gasteiger partial charge in [0.1, 0.15) is 17.4 Å². The lowest BCUT2D eigenvalue weighted by molar-refractivity contribution is -0.737. The molecule has 142 valence electrons. The van der Waals surface area contributed by atoms with Gasteiger partial charge in [-0.2, -0.15) is 0 Å². The highest BCUT2D eigenvalue weighted by atomic mass is 16.9. The predicted molar refractivity (Wildman–Crippen MR) is 98.0 cm³/mol. The highest BCUT2D eigenvalue weighted by molar-refractivity contribution is 6.05. The molecule has 0 N–H and O–H groups in total. The van der Waals surface area contributed by atoms with Gasteiger partial charge in [0.15, 0.2) is 6.10 Å². The molecular weight excluding hydrogens is 350 g/mol. The van der Waals surface area contributed by atoms with Crippen molar-refractivity contribution in [2.45, 2.75) is 18.9 Å². The summed E-state index contributed by atoms with van der Waals surface area (Å²) in [7, 11) is 3.07. The molecule has 0 spiro atoms. The fourth-order valence-electron chi connectivity index (χ4n) is 3.17. The Morgan fingerprint density at radius 3 is 2.52 bits per heavy atom. The summed E-state index contributed by atoms with van der Waals surface area (Å²) in [6.45, 7) is 1.88. The molecule has 1 aliphatic rings. The van der Waals surface area contributed by atoms with Crippen molar-refractivity contribution in [3.8, 4) is 11.5 Å². The number of methoxy groups -OCH3 is 2. The third-order valence-corrected chi connectivity index (χ3v) is 4.36. The molecule has 0 bridgehead atoms. The number of esters is 1. The summed E-state index contributed by atoms with van der Waals surface area (Å²) < 4.78 is 15.9. The van der Waals surface area contributed by atoms with Crippen LogP contribution in [0.5, 0.6) is 11.5 Å². The van der Waals surface area contributed by atoms with Crippen molar-refractivity contribution in [2.24, 2.45) is 0 Å². The van der Waals surface area contributed by atoms with E-state index in [9.17, 15) is 10.0 Å². The van der Waals surface area contributed by atoms with E-state index in [1.807, 2.05) is 18.2 Å². The van der Waals surface area contributed by atoms with Crippen LogP contribution in [-0.2, 0) is 14.4 Å². The third-order valence-electron chi connectivity index (χ3n) is 4.36. The van der Waals surface area contributed by atoms with Gasteiger partial charge in [0.25, 0.3) is 5.71 Å². The van der Waals surface area contributed by atoms with E-state index >= 15 is 0 Å². The number of rotatable bonds is 6. The summed E-state index contributed by atoms with van der Waals surface area (Å²) in [4.78, 5) is 18.2. The number of carbonyl (C=O) groups is 1. The van der Waals surface area contributed by atoms with E-state index in [0.29, 0.717) is 33.2 Å². The summed E-state index contributed by atoms with van der Waals surface area (Å²) in [5, 5.41) is 12.6. The number of nitrogens with zero attached hydrogens (tertiary/aromatic N) is 1. The second-order valence-electron chi connectivity index (χ2n) is 5.87. The normalized spacial score (nSPS) is 18.8. The van der Waals surface area contributed by atoms with Crippen molar-refractivity contribution in [2.75, 3.05) is 20.8 Å². The lowest BCUT2D eigenvalue weighted by Gasteiger charge is -2.20. The number of benzene rings is 2. The Morgan fingerprint density at radius 2 is 1.89 bits per heavy atom. The summed E-state index contributed by atoms with van der Waals surface area (Å²) >= 11 is 0. The highest BCUT2D eigenvalue weighted by Crippen LogP contribution is 2.39. The first-order chi connectivity index (χ1) is 13.1. The average molecular weight is 371 g/mol. The molecule has 0 radical (unpaired) electrons. The van der Waals surface area contributed by atoms with Crippen molar-refractivity contribution in [1.29, 1.82) is 0 Å². The van der Waals surface area contributed by atoms with E-state index in [4.69, 9.17) is 19.0 Å². The zero-order chi connectivity index (χ0) is 19.4. The molecule has 2 unspecified atom stereocenters. The Hall–Kier alpha value is -3.22. The van der Waals surface area contributed by atoms with Crippen molar-refractivity contribution in [3.05, 3.63) is 64.9 Å². The maximum Gasteiger partial charge on any atom is 0.326 e. The second kappa shape index (κ2) is 7.99. The first-order valence-electron chi connectivity index (χ1n) is 8.55. The molecule has 0 amide bonds. The van der Waals surface area contributed by atoms with Crippen LogP contribution >= 0.6 is 0 Å².